The van der Waals surface area contributed by atoms with Crippen molar-refractivity contribution in [3.05, 3.63) is 47.0 Å². The van der Waals surface area contributed by atoms with E-state index in [4.69, 9.17) is 10.2 Å². The summed E-state index contributed by atoms with van der Waals surface area (Å²) in [5.74, 6) is -2.39. The molecule has 4 nitrogen and oxygen atoms in total. The quantitative estimate of drug-likeness (QED) is 0.757. The molecule has 0 atom stereocenters. The van der Waals surface area contributed by atoms with Crippen LogP contribution >= 0.6 is 0 Å². The van der Waals surface area contributed by atoms with Crippen LogP contribution in [0.2, 0.25) is 0 Å². The van der Waals surface area contributed by atoms with E-state index in [1.807, 2.05) is 6.07 Å². The van der Waals surface area contributed by atoms with Gasteiger partial charge in [0.05, 0.1) is 5.57 Å². The van der Waals surface area contributed by atoms with Gasteiger partial charge in [-0.15, -0.1) is 0 Å². The van der Waals surface area contributed by atoms with Gasteiger partial charge in [0.15, 0.2) is 0 Å². The number of aliphatic carboxylic acids is 2. The second-order valence-electron chi connectivity index (χ2n) is 3.38. The highest BCUT2D eigenvalue weighted by molar-refractivity contribution is 5.98. The molecule has 1 aromatic carbocycles. The van der Waals surface area contributed by atoms with Crippen LogP contribution in [0.3, 0.4) is 0 Å². The van der Waals surface area contributed by atoms with E-state index in [-0.39, 0.29) is 17.6 Å². The van der Waals surface area contributed by atoms with Gasteiger partial charge in [-0.25, -0.2) is 9.59 Å². The molecule has 4 heteroatoms. The van der Waals surface area contributed by atoms with Gasteiger partial charge in [0.2, 0.25) is 0 Å². The lowest BCUT2D eigenvalue weighted by molar-refractivity contribution is -0.136. The first-order valence-electron chi connectivity index (χ1n) is 4.72. The first-order chi connectivity index (χ1) is 7.52. The average Bonchev–Trinajstić information content (AvgIpc) is 2.26. The van der Waals surface area contributed by atoms with Crippen LogP contribution < -0.4 is 0 Å². The van der Waals surface area contributed by atoms with E-state index in [2.05, 4.69) is 0 Å². The third kappa shape index (κ3) is 2.95. The first-order valence-corrected chi connectivity index (χ1v) is 4.72. The third-order valence-corrected chi connectivity index (χ3v) is 2.26. The topological polar surface area (TPSA) is 74.6 Å². The van der Waals surface area contributed by atoms with E-state index in [1.54, 1.807) is 24.3 Å². The molecule has 1 rings (SSSR count). The smallest absolute Gasteiger partial charge is 0.332 e. The Balaban J connectivity index is 3.03. The lowest BCUT2D eigenvalue weighted by atomic mass is 10.0. The molecule has 0 aliphatic carbocycles. The molecule has 0 unspecified atom stereocenters. The van der Waals surface area contributed by atoms with Crippen LogP contribution in [-0.2, 0) is 16.0 Å². The summed E-state index contributed by atoms with van der Waals surface area (Å²) in [5.41, 5.74) is 0.565. The molecule has 16 heavy (non-hydrogen) atoms. The summed E-state index contributed by atoms with van der Waals surface area (Å²) in [5, 5.41) is 17.7. The zero-order valence-corrected chi connectivity index (χ0v) is 8.80. The molecule has 0 aromatic heterocycles. The largest absolute Gasteiger partial charge is 0.478 e. The van der Waals surface area contributed by atoms with Gasteiger partial charge >= 0.3 is 11.9 Å². The molecule has 84 valence electrons. The van der Waals surface area contributed by atoms with Gasteiger partial charge in [0.1, 0.15) is 0 Å². The highest BCUT2D eigenvalue weighted by atomic mass is 16.4. The van der Waals surface area contributed by atoms with Crippen LogP contribution in [0.4, 0.5) is 0 Å². The maximum absolute atomic E-state index is 10.9. The van der Waals surface area contributed by atoms with Crippen molar-refractivity contribution < 1.29 is 19.8 Å². The van der Waals surface area contributed by atoms with Crippen LogP contribution in [0.25, 0.3) is 0 Å². The van der Waals surface area contributed by atoms with Crippen molar-refractivity contribution in [1.29, 1.82) is 0 Å². The fourth-order valence-corrected chi connectivity index (χ4v) is 1.30. The van der Waals surface area contributed by atoms with Gasteiger partial charge in [-0.3, -0.25) is 0 Å². The Hall–Kier alpha value is -2.10. The molecule has 0 saturated heterocycles. The van der Waals surface area contributed by atoms with E-state index in [9.17, 15) is 9.59 Å². The third-order valence-electron chi connectivity index (χ3n) is 2.26. The van der Waals surface area contributed by atoms with Crippen LogP contribution in [-0.4, -0.2) is 22.2 Å². The fraction of sp³-hybridized carbons (Fsp3) is 0.167. The van der Waals surface area contributed by atoms with Gasteiger partial charge in [-0.2, -0.15) is 0 Å². The van der Waals surface area contributed by atoms with Crippen molar-refractivity contribution in [1.82, 2.24) is 0 Å². The maximum atomic E-state index is 10.9. The summed E-state index contributed by atoms with van der Waals surface area (Å²) >= 11 is 0. The molecule has 0 amide bonds. The van der Waals surface area contributed by atoms with E-state index in [0.29, 0.717) is 0 Å². The minimum atomic E-state index is -1.20. The molecule has 0 spiro atoms. The average molecular weight is 220 g/mol. The Bertz CT molecular complexity index is 432. The van der Waals surface area contributed by atoms with Crippen LogP contribution in [0.5, 0.6) is 0 Å². The highest BCUT2D eigenvalue weighted by Crippen LogP contribution is 2.12. The first kappa shape index (κ1) is 12.0. The lowest BCUT2D eigenvalue weighted by Gasteiger charge is -2.05. The van der Waals surface area contributed by atoms with Crippen LogP contribution in [0, 0.1) is 0 Å². The fourth-order valence-electron chi connectivity index (χ4n) is 1.30. The van der Waals surface area contributed by atoms with Crippen LogP contribution in [0.1, 0.15) is 12.5 Å². The van der Waals surface area contributed by atoms with Gasteiger partial charge in [0, 0.05) is 12.0 Å². The Morgan fingerprint density at radius 2 is 1.62 bits per heavy atom. The molecule has 0 radical (unpaired) electrons. The predicted molar refractivity (Wildman–Crippen MR) is 58.1 cm³/mol. The summed E-state index contributed by atoms with van der Waals surface area (Å²) < 4.78 is 0. The minimum Gasteiger partial charge on any atom is -0.478 e. The van der Waals surface area contributed by atoms with Crippen molar-refractivity contribution in [3.8, 4) is 0 Å². The van der Waals surface area contributed by atoms with Crippen molar-refractivity contribution >= 4 is 11.9 Å². The van der Waals surface area contributed by atoms with E-state index in [1.165, 1.54) is 6.92 Å². The number of carboxylic acids is 2. The Morgan fingerprint density at radius 3 is 2.06 bits per heavy atom. The predicted octanol–water partition coefficient (Wildman–Crippen LogP) is 1.71. The van der Waals surface area contributed by atoms with Crippen LogP contribution in [0.15, 0.2) is 41.5 Å². The SMILES string of the molecule is CC(C(=O)O)=C(Cc1ccccc1)C(=O)O. The molecule has 0 aliphatic rings. The van der Waals surface area contributed by atoms with Crippen molar-refractivity contribution in [2.24, 2.45) is 0 Å². The molecule has 0 aliphatic heterocycles. The maximum Gasteiger partial charge on any atom is 0.332 e. The molecule has 0 bridgehead atoms. The number of benzene rings is 1. The molecule has 1 aromatic rings. The summed E-state index contributed by atoms with van der Waals surface area (Å²) in [7, 11) is 0. The van der Waals surface area contributed by atoms with Gasteiger partial charge in [0.25, 0.3) is 0 Å². The Kier molecular flexibility index (Phi) is 3.83. The Morgan fingerprint density at radius 1 is 1.06 bits per heavy atom. The molecular weight excluding hydrogens is 208 g/mol. The van der Waals surface area contributed by atoms with Crippen molar-refractivity contribution in [3.63, 3.8) is 0 Å². The summed E-state index contributed by atoms with van der Waals surface area (Å²) in [6.07, 6.45) is 0.119. The number of hydrogen-bond acceptors (Lipinski definition) is 2. The normalized spacial score (nSPS) is 11.8. The molecule has 0 heterocycles. The number of carbonyl (C=O) groups is 2. The van der Waals surface area contributed by atoms with Crippen molar-refractivity contribution in [2.75, 3.05) is 0 Å². The van der Waals surface area contributed by atoms with E-state index in [0.717, 1.165) is 5.56 Å². The van der Waals surface area contributed by atoms with E-state index >= 15 is 0 Å². The lowest BCUT2D eigenvalue weighted by Crippen LogP contribution is -2.11. The van der Waals surface area contributed by atoms with Gasteiger partial charge in [-0.1, -0.05) is 30.3 Å². The minimum absolute atomic E-state index is 0.0845. The zero-order chi connectivity index (χ0) is 12.1. The molecular formula is C12H12O4. The van der Waals surface area contributed by atoms with E-state index < -0.39 is 11.9 Å². The highest BCUT2D eigenvalue weighted by Gasteiger charge is 2.16. The summed E-state index contributed by atoms with van der Waals surface area (Å²) in [6, 6.07) is 8.91. The second kappa shape index (κ2) is 5.11. The second-order valence-corrected chi connectivity index (χ2v) is 3.38. The Labute approximate surface area is 92.8 Å². The van der Waals surface area contributed by atoms with Gasteiger partial charge in [-0.05, 0) is 12.5 Å². The standard InChI is InChI=1S/C12H12O4/c1-8(11(13)14)10(12(15)16)7-9-5-3-2-4-6-9/h2-6H,7H2,1H3,(H,13,14)(H,15,16). The summed E-state index contributed by atoms with van der Waals surface area (Å²) in [6.45, 7) is 1.30. The molecule has 2 N–H and O–H groups in total. The van der Waals surface area contributed by atoms with Gasteiger partial charge < -0.3 is 10.2 Å². The zero-order valence-electron chi connectivity index (χ0n) is 8.80. The number of carboxylic acid groups (broad SMARTS) is 2. The number of hydrogen-bond donors (Lipinski definition) is 2. The summed E-state index contributed by atoms with van der Waals surface area (Å²) in [4.78, 5) is 21.6. The molecule has 0 saturated carbocycles. The molecule has 0 fully saturated rings. The monoisotopic (exact) mass is 220 g/mol. The van der Waals surface area contributed by atoms with Crippen molar-refractivity contribution in [2.45, 2.75) is 13.3 Å². The number of rotatable bonds is 4.